The van der Waals surface area contributed by atoms with Crippen LogP contribution in [0.4, 0.5) is 0 Å². The quantitative estimate of drug-likeness (QED) is 0.471. The molecule has 5 nitrogen and oxygen atoms in total. The highest BCUT2D eigenvalue weighted by Gasteiger charge is 2.28. The first-order valence-corrected chi connectivity index (χ1v) is 5.80. The molecule has 0 saturated heterocycles. The number of carbonyl (C=O) groups is 2. The summed E-state index contributed by atoms with van der Waals surface area (Å²) in [6.45, 7) is 2.00. The van der Waals surface area contributed by atoms with Gasteiger partial charge >= 0.3 is 11.9 Å². The number of rotatable bonds is 6. The minimum absolute atomic E-state index is 0.137. The molecule has 0 heterocycles. The average Bonchev–Trinajstić information content (AvgIpc) is 2.42. The second-order valence-electron chi connectivity index (χ2n) is 3.87. The van der Waals surface area contributed by atoms with Crippen molar-refractivity contribution in [2.24, 2.45) is 11.8 Å². The van der Waals surface area contributed by atoms with Gasteiger partial charge in [0.2, 0.25) is 0 Å². The van der Waals surface area contributed by atoms with Gasteiger partial charge in [-0.05, 0) is 12.0 Å². The van der Waals surface area contributed by atoms with Crippen LogP contribution in [-0.4, -0.2) is 11.9 Å². The molecule has 98 valence electrons. The van der Waals surface area contributed by atoms with E-state index in [1.54, 1.807) is 0 Å². The molecule has 0 spiro atoms. The van der Waals surface area contributed by atoms with E-state index in [1.807, 2.05) is 37.3 Å². The molecule has 5 heteroatoms. The van der Waals surface area contributed by atoms with E-state index >= 15 is 0 Å². The standard InChI is InChI=1S/C13H17NO4/c1-2-6-11(13(16)18-14)12(15)17-9-10-7-4-3-5-8-10/h3-5,7-8,11H,2,6,9,14H2,1H3. The third-order valence-corrected chi connectivity index (χ3v) is 2.49. The monoisotopic (exact) mass is 251 g/mol. The first kappa shape index (κ1) is 14.2. The zero-order valence-corrected chi connectivity index (χ0v) is 10.3. The van der Waals surface area contributed by atoms with Gasteiger partial charge in [-0.15, -0.1) is 0 Å². The minimum Gasteiger partial charge on any atom is -0.460 e. The topological polar surface area (TPSA) is 78.6 Å². The number of hydrogen-bond acceptors (Lipinski definition) is 5. The Kier molecular flexibility index (Phi) is 5.87. The van der Waals surface area contributed by atoms with Gasteiger partial charge in [0.25, 0.3) is 0 Å². The largest absolute Gasteiger partial charge is 0.460 e. The van der Waals surface area contributed by atoms with Gasteiger partial charge in [0.05, 0.1) is 0 Å². The maximum atomic E-state index is 11.7. The molecule has 1 atom stereocenters. The molecule has 0 saturated carbocycles. The number of nitrogens with two attached hydrogens (primary N) is 1. The van der Waals surface area contributed by atoms with Crippen molar-refractivity contribution in [2.75, 3.05) is 0 Å². The van der Waals surface area contributed by atoms with Crippen LogP contribution in [0.25, 0.3) is 0 Å². The molecule has 0 bridgehead atoms. The zero-order chi connectivity index (χ0) is 13.4. The van der Waals surface area contributed by atoms with Crippen molar-refractivity contribution in [3.63, 3.8) is 0 Å². The molecule has 1 aromatic carbocycles. The Bertz CT molecular complexity index is 391. The third kappa shape index (κ3) is 4.18. The number of benzene rings is 1. The molecule has 1 unspecified atom stereocenters. The normalized spacial score (nSPS) is 11.7. The van der Waals surface area contributed by atoms with Gasteiger partial charge in [-0.25, -0.2) is 4.79 Å². The van der Waals surface area contributed by atoms with Crippen molar-refractivity contribution < 1.29 is 19.2 Å². The lowest BCUT2D eigenvalue weighted by Crippen LogP contribution is -2.29. The number of hydrogen-bond donors (Lipinski definition) is 1. The van der Waals surface area contributed by atoms with E-state index in [0.29, 0.717) is 12.8 Å². The van der Waals surface area contributed by atoms with Crippen LogP contribution in [0.5, 0.6) is 0 Å². The van der Waals surface area contributed by atoms with Gasteiger partial charge < -0.3 is 9.57 Å². The second-order valence-corrected chi connectivity index (χ2v) is 3.87. The summed E-state index contributed by atoms with van der Waals surface area (Å²) in [6, 6.07) is 9.24. The number of carbonyl (C=O) groups excluding carboxylic acids is 2. The first-order chi connectivity index (χ1) is 8.69. The summed E-state index contributed by atoms with van der Waals surface area (Å²) >= 11 is 0. The van der Waals surface area contributed by atoms with Crippen LogP contribution in [0.3, 0.4) is 0 Å². The molecule has 0 radical (unpaired) electrons. The summed E-state index contributed by atoms with van der Waals surface area (Å²) in [7, 11) is 0. The van der Waals surface area contributed by atoms with Gasteiger partial charge in [0.1, 0.15) is 6.61 Å². The predicted molar refractivity (Wildman–Crippen MR) is 64.9 cm³/mol. The van der Waals surface area contributed by atoms with E-state index in [1.165, 1.54) is 0 Å². The molecule has 0 aromatic heterocycles. The molecule has 0 aliphatic carbocycles. The first-order valence-electron chi connectivity index (χ1n) is 5.80. The van der Waals surface area contributed by atoms with Crippen LogP contribution < -0.4 is 5.90 Å². The van der Waals surface area contributed by atoms with Gasteiger partial charge in [-0.3, -0.25) is 4.79 Å². The fourth-order valence-electron chi connectivity index (χ4n) is 1.53. The average molecular weight is 251 g/mol. The molecule has 1 aromatic rings. The van der Waals surface area contributed by atoms with Gasteiger partial charge in [0.15, 0.2) is 5.92 Å². The van der Waals surface area contributed by atoms with Crippen molar-refractivity contribution in [1.29, 1.82) is 0 Å². The molecule has 0 fully saturated rings. The van der Waals surface area contributed by atoms with E-state index in [9.17, 15) is 9.59 Å². The summed E-state index contributed by atoms with van der Waals surface area (Å²) in [6.07, 6.45) is 1.03. The molecule has 2 N–H and O–H groups in total. The van der Waals surface area contributed by atoms with Gasteiger partial charge in [-0.2, -0.15) is 5.90 Å². The Morgan fingerprint density at radius 1 is 1.22 bits per heavy atom. The number of esters is 1. The van der Waals surface area contributed by atoms with E-state index in [0.717, 1.165) is 5.56 Å². The molecule has 18 heavy (non-hydrogen) atoms. The van der Waals surface area contributed by atoms with Gasteiger partial charge in [0, 0.05) is 0 Å². The Labute approximate surface area is 106 Å². The van der Waals surface area contributed by atoms with Crippen LogP contribution in [0, 0.1) is 5.92 Å². The van der Waals surface area contributed by atoms with Crippen molar-refractivity contribution in [3.05, 3.63) is 35.9 Å². The van der Waals surface area contributed by atoms with Crippen LogP contribution in [0.2, 0.25) is 0 Å². The van der Waals surface area contributed by atoms with Crippen molar-refractivity contribution in [1.82, 2.24) is 0 Å². The fourth-order valence-corrected chi connectivity index (χ4v) is 1.53. The minimum atomic E-state index is -0.941. The molecular weight excluding hydrogens is 234 g/mol. The maximum absolute atomic E-state index is 11.7. The summed E-state index contributed by atoms with van der Waals surface area (Å²) in [4.78, 5) is 27.1. The fraction of sp³-hybridized carbons (Fsp3) is 0.385. The van der Waals surface area contributed by atoms with Crippen LogP contribution >= 0.6 is 0 Å². The zero-order valence-electron chi connectivity index (χ0n) is 10.3. The summed E-state index contributed by atoms with van der Waals surface area (Å²) in [5.74, 6) is 2.49. The smallest absolute Gasteiger partial charge is 0.338 e. The van der Waals surface area contributed by atoms with E-state index in [4.69, 9.17) is 10.6 Å². The lowest BCUT2D eigenvalue weighted by atomic mass is 10.0. The summed E-state index contributed by atoms with van der Waals surface area (Å²) in [5, 5.41) is 0. The lowest BCUT2D eigenvalue weighted by Gasteiger charge is -2.12. The molecule has 0 amide bonds. The predicted octanol–water partition coefficient (Wildman–Crippen LogP) is 1.56. The Balaban J connectivity index is 2.54. The van der Waals surface area contributed by atoms with E-state index in [-0.39, 0.29) is 6.61 Å². The number of ether oxygens (including phenoxy) is 1. The highest BCUT2D eigenvalue weighted by Crippen LogP contribution is 2.12. The molecule has 0 aliphatic rings. The Hall–Kier alpha value is -1.88. The summed E-state index contributed by atoms with van der Waals surface area (Å²) in [5.41, 5.74) is 0.863. The third-order valence-electron chi connectivity index (χ3n) is 2.49. The molecular formula is C13H17NO4. The Morgan fingerprint density at radius 2 is 1.89 bits per heavy atom. The van der Waals surface area contributed by atoms with Crippen LogP contribution in [0.1, 0.15) is 25.3 Å². The van der Waals surface area contributed by atoms with E-state index in [2.05, 4.69) is 4.84 Å². The molecule has 0 aliphatic heterocycles. The van der Waals surface area contributed by atoms with Crippen LogP contribution in [0.15, 0.2) is 30.3 Å². The van der Waals surface area contributed by atoms with Crippen LogP contribution in [-0.2, 0) is 25.8 Å². The maximum Gasteiger partial charge on any atom is 0.338 e. The highest BCUT2D eigenvalue weighted by atomic mass is 16.7. The van der Waals surface area contributed by atoms with Gasteiger partial charge in [-0.1, -0.05) is 43.7 Å². The highest BCUT2D eigenvalue weighted by molar-refractivity contribution is 5.94. The van der Waals surface area contributed by atoms with Crippen molar-refractivity contribution >= 4 is 11.9 Å². The van der Waals surface area contributed by atoms with E-state index < -0.39 is 17.9 Å². The lowest BCUT2D eigenvalue weighted by molar-refractivity contribution is -0.163. The molecule has 1 rings (SSSR count). The van der Waals surface area contributed by atoms with Crippen molar-refractivity contribution in [2.45, 2.75) is 26.4 Å². The van der Waals surface area contributed by atoms with Crippen molar-refractivity contribution in [3.8, 4) is 0 Å². The Morgan fingerprint density at radius 3 is 2.44 bits per heavy atom. The second kappa shape index (κ2) is 7.45. The SMILES string of the molecule is CCCC(C(=O)ON)C(=O)OCc1ccccc1. The summed E-state index contributed by atoms with van der Waals surface area (Å²) < 4.78 is 5.07.